The molecule has 0 saturated carbocycles. The van der Waals surface area contributed by atoms with Crippen LogP contribution in [0.4, 0.5) is 0 Å². The van der Waals surface area contributed by atoms with Gasteiger partial charge in [0.15, 0.2) is 6.61 Å². The van der Waals surface area contributed by atoms with Crippen molar-refractivity contribution in [3.05, 3.63) is 65.0 Å². The third-order valence-electron chi connectivity index (χ3n) is 2.92. The fourth-order valence-electron chi connectivity index (χ4n) is 1.73. The van der Waals surface area contributed by atoms with E-state index in [1.807, 2.05) is 6.07 Å². The summed E-state index contributed by atoms with van der Waals surface area (Å²) < 4.78 is 4.97. The summed E-state index contributed by atoms with van der Waals surface area (Å²) in [5, 5.41) is 8.68. The monoisotopic (exact) mass is 280 g/mol. The Kier molecular flexibility index (Phi) is 4.42. The molecule has 104 valence electrons. The number of ether oxygens (including phenoxy) is 1. The molecule has 2 aromatic rings. The zero-order valence-corrected chi connectivity index (χ0v) is 11.4. The van der Waals surface area contributed by atoms with Crippen LogP contribution < -0.4 is 0 Å². The number of carbonyl (C=O) groups excluding carboxylic acids is 2. The summed E-state index contributed by atoms with van der Waals surface area (Å²) in [5.74, 6) is -0.906. The van der Waals surface area contributed by atoms with Crippen LogP contribution in [0.1, 0.15) is 31.8 Å². The van der Waals surface area contributed by atoms with Crippen LogP contribution in [0.15, 0.2) is 42.7 Å². The van der Waals surface area contributed by atoms with Gasteiger partial charge < -0.3 is 4.74 Å². The molecule has 0 aliphatic rings. The van der Waals surface area contributed by atoms with Crippen molar-refractivity contribution in [2.45, 2.75) is 6.92 Å². The molecule has 5 nitrogen and oxygen atoms in total. The molecule has 0 spiro atoms. The van der Waals surface area contributed by atoms with E-state index in [9.17, 15) is 9.59 Å². The average Bonchev–Trinajstić information content (AvgIpc) is 2.52. The highest BCUT2D eigenvalue weighted by molar-refractivity contribution is 6.00. The topological polar surface area (TPSA) is 80.0 Å². The lowest BCUT2D eigenvalue weighted by molar-refractivity contribution is 0.0474. The van der Waals surface area contributed by atoms with E-state index < -0.39 is 5.97 Å². The van der Waals surface area contributed by atoms with Gasteiger partial charge in [-0.05, 0) is 42.8 Å². The molecule has 5 heteroatoms. The van der Waals surface area contributed by atoms with Gasteiger partial charge in [0, 0.05) is 18.0 Å². The van der Waals surface area contributed by atoms with E-state index in [2.05, 4.69) is 4.98 Å². The number of aromatic nitrogens is 1. The molecule has 1 aromatic heterocycles. The molecule has 0 N–H and O–H groups in total. The minimum absolute atomic E-state index is 0.296. The van der Waals surface area contributed by atoms with E-state index in [1.54, 1.807) is 19.2 Å². The van der Waals surface area contributed by atoms with E-state index in [0.29, 0.717) is 16.7 Å². The molecule has 2 rings (SSSR count). The highest BCUT2D eigenvalue weighted by Gasteiger charge is 2.13. The Balaban J connectivity index is 1.99. The zero-order chi connectivity index (χ0) is 15.2. The molecule has 0 radical (unpaired) electrons. The van der Waals surface area contributed by atoms with Crippen LogP contribution in [0.5, 0.6) is 0 Å². The second kappa shape index (κ2) is 6.44. The van der Waals surface area contributed by atoms with Crippen LogP contribution in [0, 0.1) is 18.3 Å². The first-order valence-corrected chi connectivity index (χ1v) is 6.23. The fourth-order valence-corrected chi connectivity index (χ4v) is 1.73. The molecule has 0 unspecified atom stereocenters. The van der Waals surface area contributed by atoms with Crippen molar-refractivity contribution in [2.24, 2.45) is 0 Å². The fraction of sp³-hybridized carbons (Fsp3) is 0.125. The smallest absolute Gasteiger partial charge is 0.338 e. The van der Waals surface area contributed by atoms with E-state index in [0.717, 1.165) is 5.56 Å². The van der Waals surface area contributed by atoms with Gasteiger partial charge in [-0.25, -0.2) is 4.79 Å². The normalized spacial score (nSPS) is 9.71. The summed E-state index contributed by atoms with van der Waals surface area (Å²) in [7, 11) is 0. The molecule has 1 heterocycles. The number of nitriles is 1. The number of esters is 1. The molecule has 0 aliphatic carbocycles. The van der Waals surface area contributed by atoms with Gasteiger partial charge in [-0.3, -0.25) is 9.78 Å². The Labute approximate surface area is 121 Å². The number of hydrogen-bond acceptors (Lipinski definition) is 5. The maximum atomic E-state index is 11.9. The lowest BCUT2D eigenvalue weighted by atomic mass is 10.1. The van der Waals surface area contributed by atoms with E-state index in [-0.39, 0.29) is 12.4 Å². The number of carbonyl (C=O) groups is 2. The number of hydrogen-bond donors (Lipinski definition) is 0. The first kappa shape index (κ1) is 14.4. The Bertz CT molecular complexity index is 715. The summed E-state index contributed by atoms with van der Waals surface area (Å²) in [5.41, 5.74) is 1.97. The second-order valence-corrected chi connectivity index (χ2v) is 4.38. The minimum Gasteiger partial charge on any atom is -0.454 e. The maximum absolute atomic E-state index is 11.9. The van der Waals surface area contributed by atoms with Gasteiger partial charge in [-0.1, -0.05) is 0 Å². The van der Waals surface area contributed by atoms with Gasteiger partial charge in [0.25, 0.3) is 0 Å². The zero-order valence-electron chi connectivity index (χ0n) is 11.4. The van der Waals surface area contributed by atoms with E-state index in [1.165, 1.54) is 30.5 Å². The maximum Gasteiger partial charge on any atom is 0.338 e. The lowest BCUT2D eigenvalue weighted by Gasteiger charge is -2.06. The van der Waals surface area contributed by atoms with Crippen LogP contribution >= 0.6 is 0 Å². The number of rotatable bonds is 4. The Hall–Kier alpha value is -3.00. The highest BCUT2D eigenvalue weighted by Crippen LogP contribution is 2.08. The number of pyridine rings is 1. The summed E-state index contributed by atoms with van der Waals surface area (Å²) in [4.78, 5) is 27.6. The molecule has 0 saturated heterocycles. The molecule has 0 aliphatic heterocycles. The molecular formula is C16H12N2O3. The number of benzene rings is 1. The first-order chi connectivity index (χ1) is 10.1. The van der Waals surface area contributed by atoms with Gasteiger partial charge in [0.1, 0.15) is 0 Å². The molecular weight excluding hydrogens is 268 g/mol. The molecule has 1 aromatic carbocycles. The number of nitrogens with zero attached hydrogens (tertiary/aromatic N) is 2. The molecule has 0 atom stereocenters. The summed E-state index contributed by atoms with van der Waals surface area (Å²) in [6.07, 6.45) is 3.04. The second-order valence-electron chi connectivity index (χ2n) is 4.38. The number of Topliss-reactive ketones (excluding diaryl/α,β-unsaturated/α-hetero) is 1. The number of ketones is 1. The predicted octanol–water partition coefficient (Wildman–Crippen LogP) is 2.30. The standard InChI is InChI=1S/C16H12N2O3/c1-11-6-7-18-9-14(11)15(19)10-21-16(20)13-4-2-12(8-17)3-5-13/h2-7,9H,10H2,1H3. The van der Waals surface area contributed by atoms with Crippen LogP contribution in [-0.2, 0) is 4.74 Å². The minimum atomic E-state index is -0.602. The highest BCUT2D eigenvalue weighted by atomic mass is 16.5. The Morgan fingerprint density at radius 2 is 1.95 bits per heavy atom. The molecule has 0 amide bonds. The molecule has 21 heavy (non-hydrogen) atoms. The van der Waals surface area contributed by atoms with Crippen molar-refractivity contribution in [1.29, 1.82) is 5.26 Å². The first-order valence-electron chi connectivity index (χ1n) is 6.23. The summed E-state index contributed by atoms with van der Waals surface area (Å²) in [6.45, 7) is 1.45. The van der Waals surface area contributed by atoms with Gasteiger partial charge in [0.2, 0.25) is 5.78 Å². The largest absolute Gasteiger partial charge is 0.454 e. The van der Waals surface area contributed by atoms with Crippen molar-refractivity contribution < 1.29 is 14.3 Å². The van der Waals surface area contributed by atoms with E-state index >= 15 is 0 Å². The molecule has 0 fully saturated rings. The predicted molar refractivity (Wildman–Crippen MR) is 74.7 cm³/mol. The van der Waals surface area contributed by atoms with Crippen molar-refractivity contribution in [3.8, 4) is 6.07 Å². The summed E-state index contributed by atoms with van der Waals surface area (Å²) >= 11 is 0. The quantitative estimate of drug-likeness (QED) is 0.634. The van der Waals surface area contributed by atoms with Gasteiger partial charge in [-0.15, -0.1) is 0 Å². The SMILES string of the molecule is Cc1ccncc1C(=O)COC(=O)c1ccc(C#N)cc1. The van der Waals surface area contributed by atoms with Crippen LogP contribution in [0.2, 0.25) is 0 Å². The Morgan fingerprint density at radius 3 is 2.57 bits per heavy atom. The van der Waals surface area contributed by atoms with Crippen molar-refractivity contribution >= 4 is 11.8 Å². The van der Waals surface area contributed by atoms with Gasteiger partial charge in [0.05, 0.1) is 17.2 Å². The third kappa shape index (κ3) is 3.51. The van der Waals surface area contributed by atoms with Gasteiger partial charge in [-0.2, -0.15) is 5.26 Å². The van der Waals surface area contributed by atoms with Crippen LogP contribution in [-0.4, -0.2) is 23.3 Å². The van der Waals surface area contributed by atoms with Crippen LogP contribution in [0.25, 0.3) is 0 Å². The van der Waals surface area contributed by atoms with Gasteiger partial charge >= 0.3 is 5.97 Å². The molecule has 0 bridgehead atoms. The van der Waals surface area contributed by atoms with Crippen LogP contribution in [0.3, 0.4) is 0 Å². The third-order valence-corrected chi connectivity index (χ3v) is 2.92. The average molecular weight is 280 g/mol. The van der Waals surface area contributed by atoms with Crippen molar-refractivity contribution in [3.63, 3.8) is 0 Å². The Morgan fingerprint density at radius 1 is 1.24 bits per heavy atom. The summed E-state index contributed by atoms with van der Waals surface area (Å²) in [6, 6.07) is 9.68. The van der Waals surface area contributed by atoms with Crippen molar-refractivity contribution in [2.75, 3.05) is 6.61 Å². The lowest BCUT2D eigenvalue weighted by Crippen LogP contribution is -2.15. The van der Waals surface area contributed by atoms with Crippen molar-refractivity contribution in [1.82, 2.24) is 4.98 Å². The number of aryl methyl sites for hydroxylation is 1. The van der Waals surface area contributed by atoms with E-state index in [4.69, 9.17) is 10.00 Å².